The van der Waals surface area contributed by atoms with Crippen LogP contribution < -0.4 is 10.6 Å². The van der Waals surface area contributed by atoms with Crippen LogP contribution in [0.15, 0.2) is 35.7 Å². The predicted octanol–water partition coefficient (Wildman–Crippen LogP) is 4.71. The summed E-state index contributed by atoms with van der Waals surface area (Å²) >= 11 is 1.56. The summed E-state index contributed by atoms with van der Waals surface area (Å²) < 4.78 is 4.82. The molecule has 1 heterocycles. The Balaban J connectivity index is 1.80. The number of anilines is 2. The van der Waals surface area contributed by atoms with Gasteiger partial charge in [0.25, 0.3) is 0 Å². The molecule has 0 spiro atoms. The molecule has 2 atom stereocenters. The average molecular weight is 387 g/mol. The Morgan fingerprint density at radius 2 is 2.00 bits per heavy atom. The van der Waals surface area contributed by atoms with Crippen LogP contribution in [-0.4, -0.2) is 25.0 Å². The van der Waals surface area contributed by atoms with Crippen LogP contribution in [-0.2, 0) is 16.0 Å². The lowest BCUT2D eigenvalue weighted by Gasteiger charge is -2.31. The van der Waals surface area contributed by atoms with E-state index in [9.17, 15) is 9.59 Å². The summed E-state index contributed by atoms with van der Waals surface area (Å²) in [5.41, 5.74) is 1.89. The summed E-state index contributed by atoms with van der Waals surface area (Å²) in [4.78, 5) is 25.4. The normalized spacial score (nSPS) is 19.3. The zero-order valence-corrected chi connectivity index (χ0v) is 16.6. The monoisotopic (exact) mass is 386 g/mol. The first-order valence-electron chi connectivity index (χ1n) is 9.38. The molecule has 6 heteroatoms. The van der Waals surface area contributed by atoms with Crippen molar-refractivity contribution in [2.45, 2.75) is 45.1 Å². The molecule has 0 radical (unpaired) electrons. The molecule has 144 valence electrons. The van der Waals surface area contributed by atoms with Crippen molar-refractivity contribution in [2.24, 2.45) is 5.92 Å². The van der Waals surface area contributed by atoms with Crippen molar-refractivity contribution >= 4 is 34.6 Å². The molecule has 1 aromatic heterocycles. The third-order valence-electron chi connectivity index (χ3n) is 5.08. The number of carbonyl (C=O) groups excluding carboxylic acids is 2. The maximum atomic E-state index is 12.5. The van der Waals surface area contributed by atoms with Crippen molar-refractivity contribution in [3.63, 3.8) is 0 Å². The van der Waals surface area contributed by atoms with Gasteiger partial charge in [0.05, 0.1) is 30.5 Å². The Kier molecular flexibility index (Phi) is 6.50. The number of esters is 1. The SMILES string of the molecule is COC(=O)c1ccc(N[C@@H]2CCCC[C@H]2C)c(NC(=O)Cc2cccs2)c1. The van der Waals surface area contributed by atoms with Crippen LogP contribution in [0.4, 0.5) is 11.4 Å². The lowest BCUT2D eigenvalue weighted by Crippen LogP contribution is -2.31. The van der Waals surface area contributed by atoms with Gasteiger partial charge in [-0.1, -0.05) is 25.8 Å². The van der Waals surface area contributed by atoms with Crippen molar-refractivity contribution in [3.8, 4) is 0 Å². The number of carbonyl (C=O) groups is 2. The maximum absolute atomic E-state index is 12.5. The summed E-state index contributed by atoms with van der Waals surface area (Å²) in [6, 6.07) is 9.52. The quantitative estimate of drug-likeness (QED) is 0.706. The fourth-order valence-electron chi connectivity index (χ4n) is 3.51. The van der Waals surface area contributed by atoms with E-state index in [1.807, 2.05) is 23.6 Å². The molecule has 1 saturated carbocycles. The Hall–Kier alpha value is -2.34. The van der Waals surface area contributed by atoms with Gasteiger partial charge in [0.2, 0.25) is 5.91 Å². The second-order valence-corrected chi connectivity index (χ2v) is 8.10. The Labute approximate surface area is 164 Å². The van der Waals surface area contributed by atoms with E-state index in [4.69, 9.17) is 4.74 Å². The largest absolute Gasteiger partial charge is 0.465 e. The standard InChI is InChI=1S/C21H26N2O3S/c1-14-6-3-4-8-17(14)22-18-10-9-15(21(25)26-2)12-19(18)23-20(24)13-16-7-5-11-27-16/h5,7,9-12,14,17,22H,3-4,6,8,13H2,1-2H3,(H,23,24)/t14-,17-/m1/s1. The minimum Gasteiger partial charge on any atom is -0.465 e. The molecule has 2 aromatic rings. The number of hydrogen-bond acceptors (Lipinski definition) is 5. The van der Waals surface area contributed by atoms with Gasteiger partial charge in [0.1, 0.15) is 0 Å². The summed E-state index contributed by atoms with van der Waals surface area (Å²) in [5.74, 6) is 0.0641. The van der Waals surface area contributed by atoms with Gasteiger partial charge in [-0.3, -0.25) is 4.79 Å². The summed E-state index contributed by atoms with van der Waals surface area (Å²) in [6.07, 6.45) is 5.12. The predicted molar refractivity (Wildman–Crippen MR) is 109 cm³/mol. The van der Waals surface area contributed by atoms with E-state index in [1.165, 1.54) is 26.4 Å². The van der Waals surface area contributed by atoms with Crippen LogP contribution in [0.25, 0.3) is 0 Å². The van der Waals surface area contributed by atoms with Gasteiger partial charge in [-0.25, -0.2) is 4.79 Å². The molecule has 1 fully saturated rings. The van der Waals surface area contributed by atoms with E-state index in [1.54, 1.807) is 23.5 Å². The van der Waals surface area contributed by atoms with Gasteiger partial charge < -0.3 is 15.4 Å². The summed E-state index contributed by atoms with van der Waals surface area (Å²) in [6.45, 7) is 2.26. The molecular weight excluding hydrogens is 360 g/mol. The molecule has 2 N–H and O–H groups in total. The molecule has 0 unspecified atom stereocenters. The minimum atomic E-state index is -0.415. The van der Waals surface area contributed by atoms with Crippen LogP contribution in [0.3, 0.4) is 0 Å². The molecule has 0 saturated heterocycles. The van der Waals surface area contributed by atoms with Crippen LogP contribution in [0.5, 0.6) is 0 Å². The number of hydrogen-bond donors (Lipinski definition) is 2. The molecule has 5 nitrogen and oxygen atoms in total. The number of thiophene rings is 1. The molecular formula is C21H26N2O3S. The third kappa shape index (κ3) is 5.10. The first-order chi connectivity index (χ1) is 13.1. The van der Waals surface area contributed by atoms with Gasteiger partial charge in [-0.15, -0.1) is 11.3 Å². The van der Waals surface area contributed by atoms with E-state index in [2.05, 4.69) is 17.6 Å². The van der Waals surface area contributed by atoms with Crippen molar-refractivity contribution in [1.82, 2.24) is 0 Å². The van der Waals surface area contributed by atoms with E-state index < -0.39 is 5.97 Å². The van der Waals surface area contributed by atoms with Crippen LogP contribution in [0.2, 0.25) is 0 Å². The van der Waals surface area contributed by atoms with E-state index in [0.717, 1.165) is 17.0 Å². The van der Waals surface area contributed by atoms with Gasteiger partial charge in [-0.2, -0.15) is 0 Å². The number of benzene rings is 1. The highest BCUT2D eigenvalue weighted by molar-refractivity contribution is 7.10. The number of nitrogens with one attached hydrogen (secondary N) is 2. The highest BCUT2D eigenvalue weighted by atomic mass is 32.1. The fraction of sp³-hybridized carbons (Fsp3) is 0.429. The minimum absolute atomic E-state index is 0.0980. The van der Waals surface area contributed by atoms with Crippen LogP contribution >= 0.6 is 11.3 Å². The van der Waals surface area contributed by atoms with Crippen molar-refractivity contribution < 1.29 is 14.3 Å². The van der Waals surface area contributed by atoms with Gasteiger partial charge in [0, 0.05) is 10.9 Å². The molecule has 1 aliphatic carbocycles. The van der Waals surface area contributed by atoms with Crippen molar-refractivity contribution in [2.75, 3.05) is 17.7 Å². The average Bonchev–Trinajstić information content (AvgIpc) is 3.17. The van der Waals surface area contributed by atoms with Gasteiger partial charge in [0.15, 0.2) is 0 Å². The number of ether oxygens (including phenoxy) is 1. The molecule has 1 aromatic carbocycles. The molecule has 1 amide bonds. The Bertz CT molecular complexity index is 789. The lowest BCUT2D eigenvalue weighted by atomic mass is 9.86. The molecule has 0 bridgehead atoms. The third-order valence-corrected chi connectivity index (χ3v) is 5.96. The molecule has 0 aliphatic heterocycles. The van der Waals surface area contributed by atoms with E-state index in [-0.39, 0.29) is 5.91 Å². The van der Waals surface area contributed by atoms with E-state index in [0.29, 0.717) is 29.6 Å². The zero-order chi connectivity index (χ0) is 19.2. The molecule has 1 aliphatic rings. The maximum Gasteiger partial charge on any atom is 0.337 e. The van der Waals surface area contributed by atoms with Crippen LogP contribution in [0.1, 0.15) is 47.8 Å². The van der Waals surface area contributed by atoms with Gasteiger partial charge >= 0.3 is 5.97 Å². The zero-order valence-electron chi connectivity index (χ0n) is 15.8. The first-order valence-corrected chi connectivity index (χ1v) is 10.3. The summed E-state index contributed by atoms with van der Waals surface area (Å²) in [5, 5.41) is 8.51. The van der Waals surface area contributed by atoms with Crippen LogP contribution in [0, 0.1) is 5.92 Å². The topological polar surface area (TPSA) is 67.4 Å². The number of amides is 1. The highest BCUT2D eigenvalue weighted by Crippen LogP contribution is 2.31. The van der Waals surface area contributed by atoms with Crippen molar-refractivity contribution in [3.05, 3.63) is 46.2 Å². The Morgan fingerprint density at radius 1 is 1.19 bits per heavy atom. The summed E-state index contributed by atoms with van der Waals surface area (Å²) in [7, 11) is 1.35. The number of methoxy groups -OCH3 is 1. The van der Waals surface area contributed by atoms with E-state index >= 15 is 0 Å². The molecule has 27 heavy (non-hydrogen) atoms. The second kappa shape index (κ2) is 9.04. The lowest BCUT2D eigenvalue weighted by molar-refractivity contribution is -0.115. The Morgan fingerprint density at radius 3 is 2.70 bits per heavy atom. The fourth-order valence-corrected chi connectivity index (χ4v) is 4.22. The smallest absolute Gasteiger partial charge is 0.337 e. The van der Waals surface area contributed by atoms with Crippen molar-refractivity contribution in [1.29, 1.82) is 0 Å². The van der Waals surface area contributed by atoms with Gasteiger partial charge in [-0.05, 0) is 48.4 Å². The second-order valence-electron chi connectivity index (χ2n) is 7.07. The molecule has 3 rings (SSSR count). The number of rotatable bonds is 6. The highest BCUT2D eigenvalue weighted by Gasteiger charge is 2.22. The first kappa shape index (κ1) is 19.4.